The lowest BCUT2D eigenvalue weighted by atomic mass is 9.92. The Morgan fingerprint density at radius 2 is 1.03 bits per heavy atom. The summed E-state index contributed by atoms with van der Waals surface area (Å²) in [6.45, 7) is 13.1. The van der Waals surface area contributed by atoms with Crippen LogP contribution in [0.5, 0.6) is 0 Å². The molecule has 12 heteroatoms. The van der Waals surface area contributed by atoms with Gasteiger partial charge in [0.05, 0.1) is 96.9 Å². The largest absolute Gasteiger partial charge is 0.389 e. The molecular formula is C26H48N2O10. The molecule has 4 aliphatic heterocycles. The molecule has 4 rings (SSSR count). The highest BCUT2D eigenvalue weighted by molar-refractivity contribution is 4.83. The van der Waals surface area contributed by atoms with Gasteiger partial charge in [0.2, 0.25) is 0 Å². The van der Waals surface area contributed by atoms with E-state index in [9.17, 15) is 10.2 Å². The van der Waals surface area contributed by atoms with E-state index in [1.807, 2.05) is 6.92 Å². The third-order valence-electron chi connectivity index (χ3n) is 6.98. The van der Waals surface area contributed by atoms with Crippen LogP contribution in [-0.4, -0.2) is 176 Å². The molecule has 0 amide bonds. The molecule has 4 aliphatic rings. The number of ether oxygens (including phenoxy) is 8. The molecule has 5 atom stereocenters. The van der Waals surface area contributed by atoms with E-state index in [1.54, 1.807) is 0 Å². The van der Waals surface area contributed by atoms with Crippen LogP contribution in [0, 0.1) is 5.41 Å². The summed E-state index contributed by atoms with van der Waals surface area (Å²) in [7, 11) is 0. The van der Waals surface area contributed by atoms with Gasteiger partial charge in [-0.25, -0.2) is 0 Å². The van der Waals surface area contributed by atoms with Crippen molar-refractivity contribution in [3.05, 3.63) is 0 Å². The van der Waals surface area contributed by atoms with E-state index in [0.29, 0.717) is 72.6 Å². The summed E-state index contributed by atoms with van der Waals surface area (Å²) in [6, 6.07) is 0. The van der Waals surface area contributed by atoms with Crippen LogP contribution in [0.4, 0.5) is 0 Å². The minimum atomic E-state index is -0.606. The molecule has 4 heterocycles. The number of aliphatic hydroxyl groups is 2. The summed E-state index contributed by atoms with van der Waals surface area (Å²) < 4.78 is 45.1. The first kappa shape index (κ1) is 30.5. The van der Waals surface area contributed by atoms with Crippen LogP contribution in [0.3, 0.4) is 0 Å². The average molecular weight is 549 g/mol. The fourth-order valence-electron chi connectivity index (χ4n) is 4.48. The zero-order valence-electron chi connectivity index (χ0n) is 22.9. The highest BCUT2D eigenvalue weighted by Crippen LogP contribution is 2.24. The number of hydrogen-bond acceptors (Lipinski definition) is 12. The second-order valence-electron chi connectivity index (χ2n) is 11.0. The Morgan fingerprint density at radius 3 is 1.39 bits per heavy atom. The Bertz CT molecular complexity index is 596. The van der Waals surface area contributed by atoms with Crippen molar-refractivity contribution in [3.8, 4) is 0 Å². The van der Waals surface area contributed by atoms with Crippen molar-refractivity contribution < 1.29 is 48.1 Å². The molecular weight excluding hydrogens is 500 g/mol. The monoisotopic (exact) mass is 548 g/mol. The van der Waals surface area contributed by atoms with Gasteiger partial charge in [0, 0.05) is 45.9 Å². The summed E-state index contributed by atoms with van der Waals surface area (Å²) in [5.41, 5.74) is -0.508. The lowest BCUT2D eigenvalue weighted by Gasteiger charge is -2.36. The SMILES string of the molecule is CCOCC(O)CN1CCN(CC(O)COCC(COCC2CO2)(COCC2CO2)COCC2CO2)CC1. The van der Waals surface area contributed by atoms with Crippen LogP contribution in [0.1, 0.15) is 6.92 Å². The van der Waals surface area contributed by atoms with Gasteiger partial charge in [0.1, 0.15) is 18.3 Å². The number of nitrogens with zero attached hydrogens (tertiary/aromatic N) is 2. The van der Waals surface area contributed by atoms with E-state index in [1.165, 1.54) is 0 Å². The molecule has 0 aromatic heterocycles. The van der Waals surface area contributed by atoms with E-state index in [2.05, 4.69) is 9.80 Å². The van der Waals surface area contributed by atoms with Crippen molar-refractivity contribution in [1.82, 2.24) is 9.80 Å². The predicted octanol–water partition coefficient (Wildman–Crippen LogP) is -1.39. The average Bonchev–Trinajstić information content (AvgIpc) is 3.73. The maximum Gasteiger partial charge on any atom is 0.104 e. The van der Waals surface area contributed by atoms with Gasteiger partial charge in [-0.3, -0.25) is 9.80 Å². The number of aliphatic hydroxyl groups excluding tert-OH is 2. The van der Waals surface area contributed by atoms with Crippen molar-refractivity contribution in [2.75, 3.05) is 125 Å². The lowest BCUT2D eigenvalue weighted by Crippen LogP contribution is -2.51. The highest BCUT2D eigenvalue weighted by Gasteiger charge is 2.36. The molecule has 2 N–H and O–H groups in total. The summed E-state index contributed by atoms with van der Waals surface area (Å²) in [5.74, 6) is 0. The van der Waals surface area contributed by atoms with Crippen LogP contribution in [0.15, 0.2) is 0 Å². The van der Waals surface area contributed by atoms with Gasteiger partial charge in [-0.2, -0.15) is 0 Å². The van der Waals surface area contributed by atoms with Crippen molar-refractivity contribution >= 4 is 0 Å². The highest BCUT2D eigenvalue weighted by atomic mass is 16.6. The van der Waals surface area contributed by atoms with E-state index < -0.39 is 17.6 Å². The molecule has 0 radical (unpaired) electrons. The molecule has 12 nitrogen and oxygen atoms in total. The van der Waals surface area contributed by atoms with Crippen LogP contribution >= 0.6 is 0 Å². The van der Waals surface area contributed by atoms with Gasteiger partial charge in [-0.15, -0.1) is 0 Å². The van der Waals surface area contributed by atoms with Crippen LogP contribution in [0.25, 0.3) is 0 Å². The van der Waals surface area contributed by atoms with E-state index in [-0.39, 0.29) is 24.9 Å². The second kappa shape index (κ2) is 16.1. The number of β-amino-alcohol motifs (C(OH)–C–C–N with tert-alkyl or cyclic N) is 2. The molecule has 38 heavy (non-hydrogen) atoms. The minimum absolute atomic E-state index is 0.172. The summed E-state index contributed by atoms with van der Waals surface area (Å²) in [6.07, 6.45) is -0.561. The number of epoxide rings is 3. The zero-order valence-corrected chi connectivity index (χ0v) is 22.9. The zero-order chi connectivity index (χ0) is 26.6. The van der Waals surface area contributed by atoms with Crippen LogP contribution in [0.2, 0.25) is 0 Å². The van der Waals surface area contributed by atoms with Crippen LogP contribution < -0.4 is 0 Å². The van der Waals surface area contributed by atoms with E-state index in [4.69, 9.17) is 37.9 Å². The smallest absolute Gasteiger partial charge is 0.104 e. The Hall–Kier alpha value is -0.480. The first-order chi connectivity index (χ1) is 18.5. The van der Waals surface area contributed by atoms with Gasteiger partial charge < -0.3 is 48.1 Å². The van der Waals surface area contributed by atoms with Gasteiger partial charge >= 0.3 is 0 Å². The normalized spacial score (nSPS) is 28.7. The third kappa shape index (κ3) is 12.4. The lowest BCUT2D eigenvalue weighted by molar-refractivity contribution is -0.118. The molecule has 0 aromatic carbocycles. The number of hydrogen-bond donors (Lipinski definition) is 2. The molecule has 0 saturated carbocycles. The maximum absolute atomic E-state index is 10.7. The predicted molar refractivity (Wildman–Crippen MR) is 136 cm³/mol. The van der Waals surface area contributed by atoms with Crippen molar-refractivity contribution in [3.63, 3.8) is 0 Å². The van der Waals surface area contributed by atoms with Crippen molar-refractivity contribution in [2.24, 2.45) is 5.41 Å². The molecule has 5 unspecified atom stereocenters. The molecule has 0 bridgehead atoms. The van der Waals surface area contributed by atoms with Gasteiger partial charge in [0.25, 0.3) is 0 Å². The second-order valence-corrected chi connectivity index (χ2v) is 11.0. The van der Waals surface area contributed by atoms with E-state index >= 15 is 0 Å². The van der Waals surface area contributed by atoms with Gasteiger partial charge in [-0.05, 0) is 6.92 Å². The Balaban J connectivity index is 1.17. The van der Waals surface area contributed by atoms with Gasteiger partial charge in [0.15, 0.2) is 0 Å². The third-order valence-corrected chi connectivity index (χ3v) is 6.98. The summed E-state index contributed by atoms with van der Waals surface area (Å²) >= 11 is 0. The number of rotatable bonds is 23. The molecule has 0 spiro atoms. The topological polar surface area (TPSA) is 131 Å². The number of piperazine rings is 1. The van der Waals surface area contributed by atoms with Crippen LogP contribution in [-0.2, 0) is 37.9 Å². The van der Waals surface area contributed by atoms with Gasteiger partial charge in [-0.1, -0.05) is 0 Å². The quantitative estimate of drug-likeness (QED) is 0.146. The van der Waals surface area contributed by atoms with Crippen molar-refractivity contribution in [1.29, 1.82) is 0 Å². The molecule has 4 saturated heterocycles. The Kier molecular flexibility index (Phi) is 12.9. The maximum atomic E-state index is 10.7. The molecule has 4 fully saturated rings. The fourth-order valence-corrected chi connectivity index (χ4v) is 4.48. The summed E-state index contributed by atoms with van der Waals surface area (Å²) in [5, 5.41) is 20.8. The Labute approximate surface area is 226 Å². The minimum Gasteiger partial charge on any atom is -0.389 e. The van der Waals surface area contributed by atoms with Crippen molar-refractivity contribution in [2.45, 2.75) is 37.4 Å². The first-order valence-electron chi connectivity index (χ1n) is 14.1. The molecule has 0 aliphatic carbocycles. The standard InChI is InChI=1S/C26H48N2O10/c1-2-31-9-21(29)7-27-3-5-28(6-4-27)8-22(30)10-32-17-26(18-33-11-23-14-36-23,19-34-12-24-15-37-24)20-35-13-25-16-38-25/h21-25,29-30H,2-20H2,1H3. The molecule has 0 aromatic rings. The Morgan fingerprint density at radius 1 is 0.658 bits per heavy atom. The summed E-state index contributed by atoms with van der Waals surface area (Å²) in [4.78, 5) is 4.48. The fraction of sp³-hybridized carbons (Fsp3) is 1.00. The first-order valence-corrected chi connectivity index (χ1v) is 14.1. The van der Waals surface area contributed by atoms with E-state index in [0.717, 1.165) is 46.0 Å². The molecule has 222 valence electrons.